The molecule has 1 aromatic heterocycles. The first-order valence-electron chi connectivity index (χ1n) is 12.2. The number of likely N-dealkylation sites (tertiary alicyclic amines) is 1. The van der Waals surface area contributed by atoms with E-state index < -0.39 is 5.82 Å². The molecule has 0 amide bonds. The number of rotatable bonds is 9. The molecule has 33 heavy (non-hydrogen) atoms. The average Bonchev–Trinajstić information content (AvgIpc) is 3.12. The van der Waals surface area contributed by atoms with E-state index in [0.717, 1.165) is 51.7 Å². The Morgan fingerprint density at radius 2 is 1.82 bits per heavy atom. The van der Waals surface area contributed by atoms with E-state index in [1.165, 1.54) is 32.4 Å². The third-order valence-corrected chi connectivity index (χ3v) is 6.50. The maximum absolute atomic E-state index is 14.2. The summed E-state index contributed by atoms with van der Waals surface area (Å²) in [5.41, 5.74) is 0.527. The number of nitrogens with one attached hydrogen (secondary N) is 2. The van der Waals surface area contributed by atoms with Gasteiger partial charge in [-0.25, -0.2) is 4.39 Å². The van der Waals surface area contributed by atoms with Crippen molar-refractivity contribution < 1.29 is 13.9 Å². The van der Waals surface area contributed by atoms with Crippen LogP contribution < -0.4 is 20.1 Å². The van der Waals surface area contributed by atoms with Gasteiger partial charge in [0.25, 0.3) is 0 Å². The minimum atomic E-state index is -0.453. The molecular formula is C24H35FN6O2. The van der Waals surface area contributed by atoms with Crippen LogP contribution >= 0.6 is 0 Å². The Kier molecular flexibility index (Phi) is 8.15. The van der Waals surface area contributed by atoms with Crippen LogP contribution in [0.15, 0.2) is 18.2 Å². The number of ether oxygens (including phenoxy) is 2. The van der Waals surface area contributed by atoms with Gasteiger partial charge in [-0.3, -0.25) is 4.90 Å². The van der Waals surface area contributed by atoms with Crippen LogP contribution in [0.3, 0.4) is 0 Å². The van der Waals surface area contributed by atoms with Crippen LogP contribution in [0.4, 0.5) is 22.0 Å². The Balaban J connectivity index is 1.52. The first-order chi connectivity index (χ1) is 16.1. The summed E-state index contributed by atoms with van der Waals surface area (Å²) in [5, 5.41) is 6.46. The molecule has 1 saturated carbocycles. The molecular weight excluding hydrogens is 423 g/mol. The van der Waals surface area contributed by atoms with Crippen molar-refractivity contribution in [2.45, 2.75) is 70.4 Å². The van der Waals surface area contributed by atoms with Gasteiger partial charge in [-0.2, -0.15) is 15.0 Å². The van der Waals surface area contributed by atoms with E-state index in [1.54, 1.807) is 12.1 Å². The number of methoxy groups -OCH3 is 1. The fourth-order valence-electron chi connectivity index (χ4n) is 4.68. The predicted molar refractivity (Wildman–Crippen MR) is 127 cm³/mol. The van der Waals surface area contributed by atoms with Crippen molar-refractivity contribution in [1.29, 1.82) is 0 Å². The van der Waals surface area contributed by atoms with Crippen molar-refractivity contribution in [2.24, 2.45) is 0 Å². The number of halogens is 1. The Morgan fingerprint density at radius 1 is 1.03 bits per heavy atom. The summed E-state index contributed by atoms with van der Waals surface area (Å²) < 4.78 is 25.3. The summed E-state index contributed by atoms with van der Waals surface area (Å²) in [7, 11) is 1.44. The monoisotopic (exact) mass is 458 g/mol. The number of likely N-dealkylation sites (N-methyl/N-ethyl adjacent to an activating group) is 1. The quantitative estimate of drug-likeness (QED) is 0.521. The fraction of sp³-hybridized carbons (Fsp3) is 0.625. The van der Waals surface area contributed by atoms with Gasteiger partial charge in [-0.15, -0.1) is 0 Å². The van der Waals surface area contributed by atoms with Crippen molar-refractivity contribution in [3.05, 3.63) is 24.0 Å². The molecule has 2 fully saturated rings. The van der Waals surface area contributed by atoms with E-state index in [-0.39, 0.29) is 11.9 Å². The minimum absolute atomic E-state index is 0.111. The average molecular weight is 459 g/mol. The highest BCUT2D eigenvalue weighted by atomic mass is 19.1. The van der Waals surface area contributed by atoms with Gasteiger partial charge in [0, 0.05) is 24.3 Å². The van der Waals surface area contributed by atoms with E-state index in [2.05, 4.69) is 37.4 Å². The molecule has 0 spiro atoms. The van der Waals surface area contributed by atoms with Crippen LogP contribution in [0.1, 0.15) is 58.3 Å². The van der Waals surface area contributed by atoms with E-state index in [4.69, 9.17) is 9.47 Å². The minimum Gasteiger partial charge on any atom is -0.494 e. The number of hydrogen-bond acceptors (Lipinski definition) is 8. The second-order valence-electron chi connectivity index (χ2n) is 8.78. The Hall–Kier alpha value is -2.68. The van der Waals surface area contributed by atoms with Crippen molar-refractivity contribution in [3.63, 3.8) is 0 Å². The zero-order chi connectivity index (χ0) is 23.0. The van der Waals surface area contributed by atoms with Gasteiger partial charge in [-0.05, 0) is 63.7 Å². The van der Waals surface area contributed by atoms with E-state index in [9.17, 15) is 4.39 Å². The molecule has 1 aliphatic carbocycles. The molecule has 2 aliphatic rings. The van der Waals surface area contributed by atoms with Crippen LogP contribution in [0.25, 0.3) is 0 Å². The molecule has 1 aromatic carbocycles. The Morgan fingerprint density at radius 3 is 2.55 bits per heavy atom. The number of nitrogens with zero attached hydrogens (tertiary/aromatic N) is 4. The largest absolute Gasteiger partial charge is 0.494 e. The van der Waals surface area contributed by atoms with Crippen molar-refractivity contribution >= 4 is 17.6 Å². The van der Waals surface area contributed by atoms with Crippen LogP contribution in [-0.2, 0) is 0 Å². The van der Waals surface area contributed by atoms with Crippen LogP contribution in [-0.4, -0.2) is 58.7 Å². The zero-order valence-corrected chi connectivity index (χ0v) is 19.6. The van der Waals surface area contributed by atoms with Gasteiger partial charge in [0.05, 0.1) is 7.11 Å². The molecule has 0 radical (unpaired) electrons. The third kappa shape index (κ3) is 6.43. The molecule has 0 bridgehead atoms. The molecule has 9 heteroatoms. The van der Waals surface area contributed by atoms with E-state index >= 15 is 0 Å². The number of aromatic nitrogens is 3. The summed E-state index contributed by atoms with van der Waals surface area (Å²) >= 11 is 0. The molecule has 2 aromatic rings. The molecule has 2 heterocycles. The molecule has 1 unspecified atom stereocenters. The summed E-state index contributed by atoms with van der Waals surface area (Å²) in [6.07, 6.45) is 9.31. The third-order valence-electron chi connectivity index (χ3n) is 6.50. The standard InChI is InChI=1S/C24H35FN6O2/c1-3-31-14-8-9-18(31)16-26-22-28-23(27-17-12-13-21(32-2)20(25)15-17)30-24(29-22)33-19-10-6-4-5-7-11-19/h12-13,15,18-19H,3-11,14,16H2,1-2H3,(H2,26,27,28,29,30). The predicted octanol–water partition coefficient (Wildman–Crippen LogP) is 4.76. The lowest BCUT2D eigenvalue weighted by molar-refractivity contribution is 0.168. The number of benzene rings is 1. The first kappa shape index (κ1) is 23.5. The SMILES string of the molecule is CCN1CCCC1CNc1nc(Nc2ccc(OC)c(F)c2)nc(OC2CCCCCC2)n1. The lowest BCUT2D eigenvalue weighted by atomic mass is 10.2. The highest BCUT2D eigenvalue weighted by molar-refractivity contribution is 5.56. The van der Waals surface area contributed by atoms with Crippen LogP contribution in [0.5, 0.6) is 11.8 Å². The molecule has 8 nitrogen and oxygen atoms in total. The lowest BCUT2D eigenvalue weighted by Gasteiger charge is -2.23. The second-order valence-corrected chi connectivity index (χ2v) is 8.78. The second kappa shape index (κ2) is 11.4. The highest BCUT2D eigenvalue weighted by Gasteiger charge is 2.23. The smallest absolute Gasteiger partial charge is 0.323 e. The topological polar surface area (TPSA) is 84.4 Å². The fourth-order valence-corrected chi connectivity index (χ4v) is 4.68. The summed E-state index contributed by atoms with van der Waals surface area (Å²) in [6, 6.07) is 5.42. The molecule has 1 saturated heterocycles. The molecule has 2 N–H and O–H groups in total. The molecule has 1 aliphatic heterocycles. The van der Waals surface area contributed by atoms with Crippen molar-refractivity contribution in [2.75, 3.05) is 37.4 Å². The normalized spacial score (nSPS) is 19.8. The van der Waals surface area contributed by atoms with Gasteiger partial charge < -0.3 is 20.1 Å². The summed E-state index contributed by atoms with van der Waals surface area (Å²) in [6.45, 7) is 5.12. The Labute approximate surface area is 195 Å². The lowest BCUT2D eigenvalue weighted by Crippen LogP contribution is -2.35. The van der Waals surface area contributed by atoms with E-state index in [0.29, 0.717) is 29.6 Å². The van der Waals surface area contributed by atoms with Crippen LogP contribution in [0, 0.1) is 5.82 Å². The van der Waals surface area contributed by atoms with Gasteiger partial charge in [0.15, 0.2) is 11.6 Å². The molecule has 4 rings (SSSR count). The van der Waals surface area contributed by atoms with E-state index in [1.807, 2.05) is 0 Å². The van der Waals surface area contributed by atoms with Gasteiger partial charge in [0.2, 0.25) is 11.9 Å². The summed E-state index contributed by atoms with van der Waals surface area (Å²) in [5.74, 6) is 0.520. The Bertz CT molecular complexity index is 907. The van der Waals surface area contributed by atoms with Gasteiger partial charge in [-0.1, -0.05) is 19.8 Å². The molecule has 1 atom stereocenters. The maximum atomic E-state index is 14.2. The van der Waals surface area contributed by atoms with Crippen molar-refractivity contribution in [3.8, 4) is 11.8 Å². The van der Waals surface area contributed by atoms with Crippen molar-refractivity contribution in [1.82, 2.24) is 19.9 Å². The number of anilines is 3. The van der Waals surface area contributed by atoms with Crippen LogP contribution in [0.2, 0.25) is 0 Å². The van der Waals surface area contributed by atoms with Gasteiger partial charge in [0.1, 0.15) is 6.10 Å². The highest BCUT2D eigenvalue weighted by Crippen LogP contribution is 2.25. The first-order valence-corrected chi connectivity index (χ1v) is 12.2. The zero-order valence-electron chi connectivity index (χ0n) is 19.6. The number of hydrogen-bond donors (Lipinski definition) is 2. The van der Waals surface area contributed by atoms with Gasteiger partial charge >= 0.3 is 6.01 Å². The maximum Gasteiger partial charge on any atom is 0.323 e. The molecule has 180 valence electrons. The summed E-state index contributed by atoms with van der Waals surface area (Å²) in [4.78, 5) is 16.0.